The molecule has 1 fully saturated rings. The first-order valence-electron chi connectivity index (χ1n) is 4.71. The molecular weight excluding hydrogens is 204 g/mol. The fraction of sp³-hybridized carbons (Fsp3) is 1.00. The molecule has 0 aromatic heterocycles. The zero-order valence-electron chi connectivity index (χ0n) is 9.12. The van der Waals surface area contributed by atoms with Crippen molar-refractivity contribution in [2.75, 3.05) is 27.9 Å². The Balaban J connectivity index is 2.70. The zero-order valence-corrected chi connectivity index (χ0v) is 9.12. The van der Waals surface area contributed by atoms with Crippen molar-refractivity contribution in [2.45, 2.75) is 30.7 Å². The van der Waals surface area contributed by atoms with Crippen LogP contribution in [0.2, 0.25) is 0 Å². The molecule has 6 nitrogen and oxygen atoms in total. The van der Waals surface area contributed by atoms with Gasteiger partial charge in [-0.2, -0.15) is 0 Å². The zero-order chi connectivity index (χ0) is 11.4. The van der Waals surface area contributed by atoms with Gasteiger partial charge < -0.3 is 29.2 Å². The van der Waals surface area contributed by atoms with E-state index in [2.05, 4.69) is 0 Å². The molecule has 1 heterocycles. The summed E-state index contributed by atoms with van der Waals surface area (Å²) in [6, 6.07) is 0. The van der Waals surface area contributed by atoms with Gasteiger partial charge in [-0.25, -0.2) is 0 Å². The molecule has 0 aromatic carbocycles. The highest BCUT2D eigenvalue weighted by atomic mass is 16.7. The van der Waals surface area contributed by atoms with Gasteiger partial charge in [0.1, 0.15) is 24.4 Å². The van der Waals surface area contributed by atoms with E-state index in [-0.39, 0.29) is 6.61 Å². The molecular formula is C9H18O6. The summed E-state index contributed by atoms with van der Waals surface area (Å²) in [5, 5.41) is 19.5. The maximum atomic E-state index is 9.80. The van der Waals surface area contributed by atoms with E-state index < -0.39 is 30.7 Å². The first-order valence-corrected chi connectivity index (χ1v) is 4.71. The fourth-order valence-electron chi connectivity index (χ4n) is 1.68. The normalized spacial score (nSPS) is 41.8. The predicted octanol–water partition coefficient (Wildman–Crippen LogP) is -1.26. The van der Waals surface area contributed by atoms with Crippen LogP contribution in [0, 0.1) is 0 Å². The third kappa shape index (κ3) is 2.66. The van der Waals surface area contributed by atoms with Crippen LogP contribution in [-0.4, -0.2) is 68.9 Å². The fourth-order valence-corrected chi connectivity index (χ4v) is 1.68. The summed E-state index contributed by atoms with van der Waals surface area (Å²) in [5.74, 6) is 0. The van der Waals surface area contributed by atoms with Crippen LogP contribution >= 0.6 is 0 Å². The van der Waals surface area contributed by atoms with Crippen molar-refractivity contribution < 1.29 is 29.2 Å². The summed E-state index contributed by atoms with van der Waals surface area (Å²) >= 11 is 0. The number of hydrogen-bond acceptors (Lipinski definition) is 6. The van der Waals surface area contributed by atoms with Crippen molar-refractivity contribution >= 4 is 0 Å². The SMILES string of the molecule is COC[C@H]1O[C@@H](OC)[C@H](O)[C@@H](OC)[C@@H]1O. The molecule has 1 rings (SSSR count). The second-order valence-corrected chi connectivity index (χ2v) is 3.42. The molecule has 5 atom stereocenters. The molecule has 0 unspecified atom stereocenters. The van der Waals surface area contributed by atoms with Crippen molar-refractivity contribution in [3.05, 3.63) is 0 Å². The number of methoxy groups -OCH3 is 3. The maximum absolute atomic E-state index is 9.80. The highest BCUT2D eigenvalue weighted by Gasteiger charge is 2.44. The second kappa shape index (κ2) is 5.74. The first kappa shape index (κ1) is 12.8. The minimum Gasteiger partial charge on any atom is -0.387 e. The molecule has 0 amide bonds. The van der Waals surface area contributed by atoms with Gasteiger partial charge in [0, 0.05) is 21.3 Å². The van der Waals surface area contributed by atoms with Crippen molar-refractivity contribution in [2.24, 2.45) is 0 Å². The van der Waals surface area contributed by atoms with Gasteiger partial charge in [-0.05, 0) is 0 Å². The van der Waals surface area contributed by atoms with Crippen LogP contribution in [0.5, 0.6) is 0 Å². The van der Waals surface area contributed by atoms with E-state index in [1.807, 2.05) is 0 Å². The van der Waals surface area contributed by atoms with Gasteiger partial charge in [-0.3, -0.25) is 0 Å². The molecule has 1 aliphatic rings. The van der Waals surface area contributed by atoms with E-state index in [1.54, 1.807) is 0 Å². The maximum Gasteiger partial charge on any atom is 0.186 e. The van der Waals surface area contributed by atoms with Gasteiger partial charge in [0.2, 0.25) is 0 Å². The molecule has 90 valence electrons. The molecule has 0 radical (unpaired) electrons. The van der Waals surface area contributed by atoms with Crippen molar-refractivity contribution in [3.63, 3.8) is 0 Å². The van der Waals surface area contributed by atoms with E-state index in [4.69, 9.17) is 18.9 Å². The van der Waals surface area contributed by atoms with E-state index in [9.17, 15) is 10.2 Å². The molecule has 2 N–H and O–H groups in total. The van der Waals surface area contributed by atoms with Crippen LogP contribution in [0.4, 0.5) is 0 Å². The third-order valence-corrected chi connectivity index (χ3v) is 2.48. The summed E-state index contributed by atoms with van der Waals surface area (Å²) < 4.78 is 20.2. The van der Waals surface area contributed by atoms with Crippen LogP contribution in [0.3, 0.4) is 0 Å². The Morgan fingerprint density at radius 2 is 1.73 bits per heavy atom. The number of rotatable bonds is 4. The van der Waals surface area contributed by atoms with Crippen LogP contribution in [0.1, 0.15) is 0 Å². The van der Waals surface area contributed by atoms with Crippen molar-refractivity contribution in [1.82, 2.24) is 0 Å². The molecule has 0 saturated carbocycles. The quantitative estimate of drug-likeness (QED) is 0.618. The van der Waals surface area contributed by atoms with Crippen LogP contribution in [0.15, 0.2) is 0 Å². The Labute approximate surface area is 88.7 Å². The Bertz CT molecular complexity index is 187. The molecule has 1 aliphatic heterocycles. The van der Waals surface area contributed by atoms with Gasteiger partial charge in [0.05, 0.1) is 6.61 Å². The second-order valence-electron chi connectivity index (χ2n) is 3.42. The van der Waals surface area contributed by atoms with Gasteiger partial charge in [0.15, 0.2) is 6.29 Å². The Morgan fingerprint density at radius 3 is 2.20 bits per heavy atom. The van der Waals surface area contributed by atoms with Crippen LogP contribution < -0.4 is 0 Å². The summed E-state index contributed by atoms with van der Waals surface area (Å²) in [6.07, 6.45) is -4.05. The smallest absolute Gasteiger partial charge is 0.186 e. The molecule has 15 heavy (non-hydrogen) atoms. The van der Waals surface area contributed by atoms with E-state index >= 15 is 0 Å². The average Bonchev–Trinajstić information content (AvgIpc) is 2.23. The average molecular weight is 222 g/mol. The molecule has 0 bridgehead atoms. The van der Waals surface area contributed by atoms with Gasteiger partial charge in [-0.1, -0.05) is 0 Å². The van der Waals surface area contributed by atoms with Crippen LogP contribution in [0.25, 0.3) is 0 Å². The molecule has 1 saturated heterocycles. The minimum atomic E-state index is -1.01. The topological polar surface area (TPSA) is 77.4 Å². The summed E-state index contributed by atoms with van der Waals surface area (Å²) in [5.41, 5.74) is 0. The Hall–Kier alpha value is -0.240. The highest BCUT2D eigenvalue weighted by molar-refractivity contribution is 4.90. The van der Waals surface area contributed by atoms with E-state index in [1.165, 1.54) is 21.3 Å². The lowest BCUT2D eigenvalue weighted by Crippen LogP contribution is -2.59. The van der Waals surface area contributed by atoms with Gasteiger partial charge in [0.25, 0.3) is 0 Å². The first-order chi connectivity index (χ1) is 7.15. The molecule has 0 spiro atoms. The molecule has 0 aliphatic carbocycles. The van der Waals surface area contributed by atoms with Gasteiger partial charge in [-0.15, -0.1) is 0 Å². The van der Waals surface area contributed by atoms with E-state index in [0.717, 1.165) is 0 Å². The van der Waals surface area contributed by atoms with Crippen molar-refractivity contribution in [3.8, 4) is 0 Å². The van der Waals surface area contributed by atoms with Crippen molar-refractivity contribution in [1.29, 1.82) is 0 Å². The largest absolute Gasteiger partial charge is 0.387 e. The standard InChI is InChI=1S/C9H18O6/c1-12-4-5-6(10)8(13-2)7(11)9(14-3)15-5/h5-11H,4H2,1-3H3/t5-,6-,7-,8+,9-/m1/s1. The molecule has 6 heteroatoms. The summed E-state index contributed by atoms with van der Waals surface area (Å²) in [4.78, 5) is 0. The molecule has 0 aromatic rings. The number of aliphatic hydroxyl groups excluding tert-OH is 2. The predicted molar refractivity (Wildman–Crippen MR) is 50.4 cm³/mol. The third-order valence-electron chi connectivity index (χ3n) is 2.48. The monoisotopic (exact) mass is 222 g/mol. The Kier molecular flexibility index (Phi) is 4.91. The lowest BCUT2D eigenvalue weighted by atomic mass is 9.99. The Morgan fingerprint density at radius 1 is 1.07 bits per heavy atom. The van der Waals surface area contributed by atoms with Crippen LogP contribution in [-0.2, 0) is 18.9 Å². The lowest BCUT2D eigenvalue weighted by Gasteiger charge is -2.41. The number of ether oxygens (including phenoxy) is 4. The highest BCUT2D eigenvalue weighted by Crippen LogP contribution is 2.23. The van der Waals surface area contributed by atoms with E-state index in [0.29, 0.717) is 0 Å². The van der Waals surface area contributed by atoms with Gasteiger partial charge >= 0.3 is 0 Å². The number of hydrogen-bond donors (Lipinski definition) is 2. The minimum absolute atomic E-state index is 0.216. The summed E-state index contributed by atoms with van der Waals surface area (Å²) in [7, 11) is 4.34. The summed E-state index contributed by atoms with van der Waals surface area (Å²) in [6.45, 7) is 0.216. The number of aliphatic hydroxyl groups is 2. The lowest BCUT2D eigenvalue weighted by molar-refractivity contribution is -0.299.